The molecule has 0 aliphatic heterocycles. The molecule has 2 unspecified atom stereocenters. The molecule has 1 rings (SSSR count). The van der Waals surface area contributed by atoms with Gasteiger partial charge >= 0.3 is 0 Å². The zero-order valence-corrected chi connectivity index (χ0v) is 16.9. The highest BCUT2D eigenvalue weighted by atomic mass is 16.4. The number of carbonyl (C=O) groups excluding carboxylic acids is 2. The van der Waals surface area contributed by atoms with Crippen LogP contribution >= 0.6 is 0 Å². The Labute approximate surface area is 156 Å². The zero-order chi connectivity index (χ0) is 20.2. The maximum absolute atomic E-state index is 12.9. The van der Waals surface area contributed by atoms with Crippen molar-refractivity contribution >= 4 is 11.6 Å². The fraction of sp³-hybridized carbons (Fsp3) is 0.714. The van der Waals surface area contributed by atoms with Gasteiger partial charge in [-0.1, -0.05) is 39.3 Å². The lowest BCUT2D eigenvalue weighted by Gasteiger charge is -2.34. The van der Waals surface area contributed by atoms with Crippen LogP contribution in [0.2, 0.25) is 0 Å². The van der Waals surface area contributed by atoms with E-state index in [0.29, 0.717) is 18.8 Å². The van der Waals surface area contributed by atoms with E-state index in [9.17, 15) is 24.9 Å². The largest absolute Gasteiger partial charge is 0.508 e. The SMILES string of the molecule is CCC(C)C(=O)C1=C(O)[C@@](O)(C(O)CCC(C)C)[C@H](CC=C(C)C)C1=O. The van der Waals surface area contributed by atoms with Gasteiger partial charge in [0.1, 0.15) is 11.3 Å². The van der Waals surface area contributed by atoms with Crippen molar-refractivity contribution in [3.05, 3.63) is 23.0 Å². The Bertz CT molecular complexity index is 598. The highest BCUT2D eigenvalue weighted by Gasteiger charge is 2.58. The van der Waals surface area contributed by atoms with Crippen molar-refractivity contribution in [3.63, 3.8) is 0 Å². The van der Waals surface area contributed by atoms with E-state index in [1.54, 1.807) is 13.0 Å². The van der Waals surface area contributed by atoms with Gasteiger partial charge in [0.2, 0.25) is 0 Å². The van der Waals surface area contributed by atoms with Gasteiger partial charge in [-0.2, -0.15) is 0 Å². The van der Waals surface area contributed by atoms with Gasteiger partial charge in [-0.05, 0) is 45.4 Å². The van der Waals surface area contributed by atoms with Crippen LogP contribution in [0.4, 0.5) is 0 Å². The molecule has 0 amide bonds. The Morgan fingerprint density at radius 3 is 2.27 bits per heavy atom. The maximum Gasteiger partial charge on any atom is 0.176 e. The number of rotatable bonds is 9. The van der Waals surface area contributed by atoms with E-state index in [1.165, 1.54) is 0 Å². The number of aliphatic hydroxyl groups excluding tert-OH is 2. The van der Waals surface area contributed by atoms with Crippen molar-refractivity contribution in [2.45, 2.75) is 78.9 Å². The summed E-state index contributed by atoms with van der Waals surface area (Å²) >= 11 is 0. The lowest BCUT2D eigenvalue weighted by atomic mass is 9.79. The van der Waals surface area contributed by atoms with E-state index in [-0.39, 0.29) is 18.4 Å². The van der Waals surface area contributed by atoms with Gasteiger partial charge in [-0.15, -0.1) is 0 Å². The lowest BCUT2D eigenvalue weighted by Crippen LogP contribution is -2.49. The summed E-state index contributed by atoms with van der Waals surface area (Å²) in [6.07, 6.45) is 2.03. The van der Waals surface area contributed by atoms with E-state index in [4.69, 9.17) is 0 Å². The van der Waals surface area contributed by atoms with Gasteiger partial charge in [-0.25, -0.2) is 0 Å². The average Bonchev–Trinajstić information content (AvgIpc) is 2.76. The molecule has 0 fully saturated rings. The van der Waals surface area contributed by atoms with Crippen LogP contribution in [0.25, 0.3) is 0 Å². The van der Waals surface area contributed by atoms with Crippen LogP contribution in [0.15, 0.2) is 23.0 Å². The molecule has 0 saturated carbocycles. The minimum absolute atomic E-state index is 0.164. The molecule has 5 heteroatoms. The predicted octanol–water partition coefficient (Wildman–Crippen LogP) is 3.50. The van der Waals surface area contributed by atoms with Crippen LogP contribution < -0.4 is 0 Å². The van der Waals surface area contributed by atoms with E-state index >= 15 is 0 Å². The van der Waals surface area contributed by atoms with Crippen molar-refractivity contribution in [1.82, 2.24) is 0 Å². The molecule has 0 saturated heterocycles. The summed E-state index contributed by atoms with van der Waals surface area (Å²) in [5.74, 6) is -2.89. The van der Waals surface area contributed by atoms with Crippen molar-refractivity contribution in [2.75, 3.05) is 0 Å². The molecular formula is C21H34O5. The first-order valence-electron chi connectivity index (χ1n) is 9.54. The first kappa shape index (κ1) is 22.6. The van der Waals surface area contributed by atoms with Crippen LogP contribution in [0.3, 0.4) is 0 Å². The standard InChI is InChI=1S/C21H34O5/c1-7-14(6)18(23)17-19(24)15(10-8-12(2)3)21(26,20(17)25)16(22)11-9-13(4)5/h8,13-16,22,25-26H,7,9-11H2,1-6H3/t14?,15-,16?,21+/m1/s1. The highest BCUT2D eigenvalue weighted by molar-refractivity contribution is 6.24. The fourth-order valence-corrected chi connectivity index (χ4v) is 3.27. The molecule has 1 aliphatic carbocycles. The van der Waals surface area contributed by atoms with E-state index in [1.807, 2.05) is 34.6 Å². The fourth-order valence-electron chi connectivity index (χ4n) is 3.27. The summed E-state index contributed by atoms with van der Waals surface area (Å²) in [5, 5.41) is 32.5. The van der Waals surface area contributed by atoms with Gasteiger partial charge in [0, 0.05) is 5.92 Å². The molecular weight excluding hydrogens is 332 g/mol. The third kappa shape index (κ3) is 4.44. The molecule has 148 valence electrons. The van der Waals surface area contributed by atoms with Gasteiger partial charge in [0.15, 0.2) is 17.2 Å². The first-order chi connectivity index (χ1) is 12.0. The summed E-state index contributed by atoms with van der Waals surface area (Å²) in [5.41, 5.74) is -1.49. The van der Waals surface area contributed by atoms with Crippen LogP contribution in [-0.4, -0.2) is 38.6 Å². The third-order valence-electron chi connectivity index (χ3n) is 5.30. The van der Waals surface area contributed by atoms with Crippen LogP contribution in [0.5, 0.6) is 0 Å². The summed E-state index contributed by atoms with van der Waals surface area (Å²) in [6, 6.07) is 0. The molecule has 0 heterocycles. The van der Waals surface area contributed by atoms with Crippen molar-refractivity contribution < 1.29 is 24.9 Å². The minimum Gasteiger partial charge on any atom is -0.508 e. The van der Waals surface area contributed by atoms with Gasteiger partial charge in [-0.3, -0.25) is 9.59 Å². The van der Waals surface area contributed by atoms with Gasteiger partial charge in [0.25, 0.3) is 0 Å². The smallest absolute Gasteiger partial charge is 0.176 e. The normalized spacial score (nSPS) is 25.6. The summed E-state index contributed by atoms with van der Waals surface area (Å²) < 4.78 is 0. The van der Waals surface area contributed by atoms with E-state index in [0.717, 1.165) is 5.57 Å². The Hall–Kier alpha value is -1.46. The zero-order valence-electron chi connectivity index (χ0n) is 16.9. The van der Waals surface area contributed by atoms with E-state index < -0.39 is 40.9 Å². The van der Waals surface area contributed by atoms with Crippen LogP contribution in [-0.2, 0) is 9.59 Å². The molecule has 0 bridgehead atoms. The summed E-state index contributed by atoms with van der Waals surface area (Å²) in [4.78, 5) is 25.5. The first-order valence-corrected chi connectivity index (χ1v) is 9.54. The number of aliphatic hydroxyl groups is 3. The molecule has 4 atom stereocenters. The van der Waals surface area contributed by atoms with Crippen molar-refractivity contribution in [3.8, 4) is 0 Å². The van der Waals surface area contributed by atoms with E-state index in [2.05, 4.69) is 0 Å². The Morgan fingerprint density at radius 2 is 1.81 bits per heavy atom. The number of hydrogen-bond donors (Lipinski definition) is 3. The molecule has 5 nitrogen and oxygen atoms in total. The quantitative estimate of drug-likeness (QED) is 0.429. The Morgan fingerprint density at radius 1 is 1.23 bits per heavy atom. The number of carbonyl (C=O) groups is 2. The topological polar surface area (TPSA) is 94.8 Å². The Kier molecular flexibility index (Phi) is 7.78. The second-order valence-corrected chi connectivity index (χ2v) is 8.14. The van der Waals surface area contributed by atoms with Gasteiger partial charge < -0.3 is 15.3 Å². The Balaban J connectivity index is 3.36. The summed E-state index contributed by atoms with van der Waals surface area (Å²) in [6.45, 7) is 11.2. The summed E-state index contributed by atoms with van der Waals surface area (Å²) in [7, 11) is 0. The highest BCUT2D eigenvalue weighted by Crippen LogP contribution is 2.44. The molecule has 0 radical (unpaired) electrons. The molecule has 0 aromatic rings. The maximum atomic E-state index is 12.9. The monoisotopic (exact) mass is 366 g/mol. The minimum atomic E-state index is -2.11. The number of ketones is 2. The number of hydrogen-bond acceptors (Lipinski definition) is 5. The second-order valence-electron chi connectivity index (χ2n) is 8.14. The van der Waals surface area contributed by atoms with Crippen molar-refractivity contribution in [2.24, 2.45) is 17.8 Å². The second kappa shape index (κ2) is 8.96. The molecule has 3 N–H and O–H groups in total. The number of Topliss-reactive ketones (excluding diaryl/α,β-unsaturated/α-hetero) is 2. The van der Waals surface area contributed by atoms with Crippen LogP contribution in [0, 0.1) is 17.8 Å². The van der Waals surface area contributed by atoms with Crippen LogP contribution in [0.1, 0.15) is 67.2 Å². The van der Waals surface area contributed by atoms with Crippen molar-refractivity contribution in [1.29, 1.82) is 0 Å². The molecule has 0 aromatic carbocycles. The molecule has 26 heavy (non-hydrogen) atoms. The van der Waals surface area contributed by atoms with Gasteiger partial charge in [0.05, 0.1) is 12.0 Å². The number of allylic oxidation sites excluding steroid dienone is 3. The average molecular weight is 366 g/mol. The molecule has 0 aromatic heterocycles. The third-order valence-corrected chi connectivity index (χ3v) is 5.30. The predicted molar refractivity (Wildman–Crippen MR) is 102 cm³/mol. The lowest BCUT2D eigenvalue weighted by molar-refractivity contribution is -0.136. The molecule has 0 spiro atoms. The molecule has 1 aliphatic rings.